The first-order valence-corrected chi connectivity index (χ1v) is 6.18. The Morgan fingerprint density at radius 3 is 2.83 bits per heavy atom. The number of hydrogen-bond donors (Lipinski definition) is 1. The van der Waals surface area contributed by atoms with Crippen molar-refractivity contribution in [2.45, 2.75) is 12.1 Å². The summed E-state index contributed by atoms with van der Waals surface area (Å²) < 4.78 is 24.1. The average molecular weight is 253 g/mol. The third-order valence-corrected chi connectivity index (χ3v) is 3.58. The fraction of sp³-hybridized carbons (Fsp3) is 0.538. The number of halogens is 1. The molecule has 1 aromatic rings. The van der Waals surface area contributed by atoms with Crippen LogP contribution < -0.4 is 4.74 Å². The number of hydrogen-bond acceptors (Lipinski definition) is 4. The van der Waals surface area contributed by atoms with Crippen molar-refractivity contribution in [1.29, 1.82) is 0 Å². The summed E-state index contributed by atoms with van der Waals surface area (Å²) in [4.78, 5) is 2.14. The molecule has 2 unspecified atom stereocenters. The SMILES string of the molecule is OC1c2cc(F)ccc2OCC1N1CCOCC1. The van der Waals surface area contributed by atoms with Crippen LogP contribution in [0.15, 0.2) is 18.2 Å². The summed E-state index contributed by atoms with van der Waals surface area (Å²) in [6.07, 6.45) is -0.706. The lowest BCUT2D eigenvalue weighted by molar-refractivity contribution is -0.0455. The van der Waals surface area contributed by atoms with E-state index in [9.17, 15) is 9.50 Å². The summed E-state index contributed by atoms with van der Waals surface area (Å²) in [5, 5.41) is 10.4. The molecule has 2 aliphatic rings. The lowest BCUT2D eigenvalue weighted by Crippen LogP contribution is -2.50. The van der Waals surface area contributed by atoms with Gasteiger partial charge in [-0.2, -0.15) is 0 Å². The molecule has 3 rings (SSSR count). The molecule has 0 aromatic heterocycles. The van der Waals surface area contributed by atoms with Gasteiger partial charge in [-0.15, -0.1) is 0 Å². The van der Waals surface area contributed by atoms with Gasteiger partial charge >= 0.3 is 0 Å². The molecule has 18 heavy (non-hydrogen) atoms. The summed E-state index contributed by atoms with van der Waals surface area (Å²) in [5.41, 5.74) is 0.540. The molecule has 1 fully saturated rings. The van der Waals surface area contributed by atoms with Crippen molar-refractivity contribution in [3.05, 3.63) is 29.6 Å². The van der Waals surface area contributed by atoms with Crippen molar-refractivity contribution in [1.82, 2.24) is 4.90 Å². The predicted octanol–water partition coefficient (Wildman–Crippen LogP) is 0.952. The summed E-state index contributed by atoms with van der Waals surface area (Å²) in [6, 6.07) is 4.15. The molecule has 4 nitrogen and oxygen atoms in total. The lowest BCUT2D eigenvalue weighted by Gasteiger charge is -2.39. The number of rotatable bonds is 1. The largest absolute Gasteiger partial charge is 0.491 e. The smallest absolute Gasteiger partial charge is 0.125 e. The van der Waals surface area contributed by atoms with Crippen LogP contribution in [-0.4, -0.2) is 49.0 Å². The molecule has 5 heteroatoms. The Morgan fingerprint density at radius 2 is 2.06 bits per heavy atom. The molecule has 0 bridgehead atoms. The molecule has 0 radical (unpaired) electrons. The number of nitrogens with zero attached hydrogens (tertiary/aromatic N) is 1. The highest BCUT2D eigenvalue weighted by Crippen LogP contribution is 2.34. The molecule has 2 heterocycles. The fourth-order valence-electron chi connectivity index (χ4n) is 2.57. The van der Waals surface area contributed by atoms with E-state index in [1.54, 1.807) is 6.07 Å². The Morgan fingerprint density at radius 1 is 1.28 bits per heavy atom. The van der Waals surface area contributed by atoms with Crippen molar-refractivity contribution < 1.29 is 19.0 Å². The van der Waals surface area contributed by atoms with Gasteiger partial charge in [-0.1, -0.05) is 0 Å². The molecule has 2 atom stereocenters. The fourth-order valence-corrected chi connectivity index (χ4v) is 2.57. The minimum Gasteiger partial charge on any atom is -0.491 e. The van der Waals surface area contributed by atoms with Crippen molar-refractivity contribution >= 4 is 0 Å². The summed E-state index contributed by atoms with van der Waals surface area (Å²) in [5.74, 6) is 0.229. The zero-order chi connectivity index (χ0) is 12.5. The van der Waals surface area contributed by atoms with Crippen LogP contribution >= 0.6 is 0 Å². The van der Waals surface area contributed by atoms with Crippen LogP contribution in [0, 0.1) is 5.82 Å². The third-order valence-electron chi connectivity index (χ3n) is 3.58. The molecule has 0 amide bonds. The number of aliphatic hydroxyl groups excluding tert-OH is 1. The zero-order valence-electron chi connectivity index (χ0n) is 10.0. The van der Waals surface area contributed by atoms with Crippen LogP contribution in [0.3, 0.4) is 0 Å². The maximum atomic E-state index is 13.2. The van der Waals surface area contributed by atoms with Crippen LogP contribution in [0.4, 0.5) is 4.39 Å². The molecule has 1 N–H and O–H groups in total. The number of aliphatic hydroxyl groups is 1. The second kappa shape index (κ2) is 4.84. The molecule has 1 aromatic carbocycles. The lowest BCUT2D eigenvalue weighted by atomic mass is 9.97. The van der Waals surface area contributed by atoms with Crippen LogP contribution in [0.1, 0.15) is 11.7 Å². The quantitative estimate of drug-likeness (QED) is 0.809. The standard InChI is InChI=1S/C13H16FNO3/c14-9-1-2-12-10(7-9)13(16)11(8-18-12)15-3-5-17-6-4-15/h1-2,7,11,13,16H,3-6,8H2. The highest BCUT2D eigenvalue weighted by Gasteiger charge is 2.34. The van der Waals surface area contributed by atoms with Crippen LogP contribution in [0.5, 0.6) is 5.75 Å². The Balaban J connectivity index is 1.83. The van der Waals surface area contributed by atoms with Gasteiger partial charge in [0.1, 0.15) is 24.3 Å². The number of fused-ring (bicyclic) bond motifs is 1. The first-order chi connectivity index (χ1) is 8.75. The Bertz CT molecular complexity index is 434. The van der Waals surface area contributed by atoms with E-state index in [1.807, 2.05) is 0 Å². The molecule has 0 spiro atoms. The second-order valence-corrected chi connectivity index (χ2v) is 4.65. The topological polar surface area (TPSA) is 41.9 Å². The summed E-state index contributed by atoms with van der Waals surface area (Å²) in [7, 11) is 0. The minimum absolute atomic E-state index is 0.122. The Kier molecular flexibility index (Phi) is 3.20. The highest BCUT2D eigenvalue weighted by molar-refractivity contribution is 5.38. The van der Waals surface area contributed by atoms with Crippen molar-refractivity contribution in [3.63, 3.8) is 0 Å². The van der Waals surface area contributed by atoms with E-state index in [2.05, 4.69) is 4.90 Å². The van der Waals surface area contributed by atoms with E-state index in [4.69, 9.17) is 9.47 Å². The van der Waals surface area contributed by atoms with Crippen LogP contribution in [-0.2, 0) is 4.74 Å². The molecule has 0 aliphatic carbocycles. The monoisotopic (exact) mass is 253 g/mol. The van der Waals surface area contributed by atoms with Crippen molar-refractivity contribution in [2.24, 2.45) is 0 Å². The van der Waals surface area contributed by atoms with Gasteiger partial charge in [0, 0.05) is 18.7 Å². The maximum Gasteiger partial charge on any atom is 0.125 e. The van der Waals surface area contributed by atoms with Crippen molar-refractivity contribution in [2.75, 3.05) is 32.9 Å². The van der Waals surface area contributed by atoms with Gasteiger partial charge in [0.2, 0.25) is 0 Å². The van der Waals surface area contributed by atoms with Gasteiger partial charge in [0.15, 0.2) is 0 Å². The normalized spacial score (nSPS) is 28.6. The predicted molar refractivity (Wildman–Crippen MR) is 63.0 cm³/mol. The molecule has 98 valence electrons. The maximum absolute atomic E-state index is 13.2. The van der Waals surface area contributed by atoms with Gasteiger partial charge in [0.05, 0.1) is 19.3 Å². The molecular formula is C13H16FNO3. The summed E-state index contributed by atoms with van der Waals surface area (Å²) >= 11 is 0. The first kappa shape index (κ1) is 11.9. The van der Waals surface area contributed by atoms with E-state index in [1.165, 1.54) is 12.1 Å². The van der Waals surface area contributed by atoms with Crippen LogP contribution in [0.2, 0.25) is 0 Å². The Labute approximate surface area is 105 Å². The van der Waals surface area contributed by atoms with E-state index in [-0.39, 0.29) is 11.9 Å². The van der Waals surface area contributed by atoms with Crippen LogP contribution in [0.25, 0.3) is 0 Å². The van der Waals surface area contributed by atoms with Gasteiger partial charge < -0.3 is 14.6 Å². The molecule has 2 aliphatic heterocycles. The molecular weight excluding hydrogens is 237 g/mol. The number of ether oxygens (including phenoxy) is 2. The Hall–Kier alpha value is -1.17. The highest BCUT2D eigenvalue weighted by atomic mass is 19.1. The average Bonchev–Trinajstić information content (AvgIpc) is 2.41. The summed E-state index contributed by atoms with van der Waals surface area (Å²) in [6.45, 7) is 3.31. The van der Waals surface area contributed by atoms with Crippen molar-refractivity contribution in [3.8, 4) is 5.75 Å². The third kappa shape index (κ3) is 2.09. The first-order valence-electron chi connectivity index (χ1n) is 6.18. The second-order valence-electron chi connectivity index (χ2n) is 4.65. The molecule has 0 saturated carbocycles. The minimum atomic E-state index is -0.706. The molecule has 1 saturated heterocycles. The van der Waals surface area contributed by atoms with E-state index in [0.29, 0.717) is 31.1 Å². The van der Waals surface area contributed by atoms with Gasteiger partial charge in [-0.25, -0.2) is 4.39 Å². The van der Waals surface area contributed by atoms with Gasteiger partial charge in [0.25, 0.3) is 0 Å². The number of benzene rings is 1. The van der Waals surface area contributed by atoms with E-state index >= 15 is 0 Å². The van der Waals surface area contributed by atoms with Gasteiger partial charge in [-0.3, -0.25) is 4.90 Å². The number of morpholine rings is 1. The van der Waals surface area contributed by atoms with E-state index in [0.717, 1.165) is 13.1 Å². The van der Waals surface area contributed by atoms with E-state index < -0.39 is 6.10 Å². The van der Waals surface area contributed by atoms with Gasteiger partial charge in [-0.05, 0) is 18.2 Å². The zero-order valence-corrected chi connectivity index (χ0v) is 10.0.